The molecule has 0 bridgehead atoms. The van der Waals surface area contributed by atoms with Crippen molar-refractivity contribution < 1.29 is 4.79 Å². The summed E-state index contributed by atoms with van der Waals surface area (Å²) in [5.41, 5.74) is 1.93. The highest BCUT2D eigenvalue weighted by atomic mass is 32.1. The number of hydrogen-bond acceptors (Lipinski definition) is 6. The van der Waals surface area contributed by atoms with E-state index < -0.39 is 0 Å². The van der Waals surface area contributed by atoms with Gasteiger partial charge in [-0.25, -0.2) is 4.98 Å². The molecule has 1 aliphatic heterocycles. The normalized spacial score (nSPS) is 15.2. The smallest absolute Gasteiger partial charge is 0.280 e. The van der Waals surface area contributed by atoms with Gasteiger partial charge in [-0.1, -0.05) is 18.2 Å². The summed E-state index contributed by atoms with van der Waals surface area (Å²) in [6.07, 6.45) is 1.80. The number of piperidine rings is 1. The third-order valence-electron chi connectivity index (χ3n) is 4.99. The first-order chi connectivity index (χ1) is 13.8. The zero-order valence-corrected chi connectivity index (χ0v) is 16.7. The molecule has 1 fully saturated rings. The Morgan fingerprint density at radius 1 is 1.18 bits per heavy atom. The highest BCUT2D eigenvalue weighted by Gasteiger charge is 2.24. The molecule has 4 heterocycles. The molecular formula is C20H19N5OS2. The summed E-state index contributed by atoms with van der Waals surface area (Å²) in [7, 11) is 0. The number of nitrogens with zero attached hydrogens (tertiary/aromatic N) is 3. The second-order valence-electron chi connectivity index (χ2n) is 6.84. The van der Waals surface area contributed by atoms with Gasteiger partial charge in [0.25, 0.3) is 5.91 Å². The fraction of sp³-hybridized carbons (Fsp3) is 0.250. The van der Waals surface area contributed by atoms with Gasteiger partial charge in [0.15, 0.2) is 10.8 Å². The van der Waals surface area contributed by atoms with E-state index in [-0.39, 0.29) is 11.9 Å². The molecule has 6 nitrogen and oxygen atoms in total. The summed E-state index contributed by atoms with van der Waals surface area (Å²) >= 11 is 3.15. The highest BCUT2D eigenvalue weighted by Crippen LogP contribution is 2.27. The number of fused-ring (bicyclic) bond motifs is 1. The molecule has 0 spiro atoms. The van der Waals surface area contributed by atoms with Gasteiger partial charge in [0, 0.05) is 25.2 Å². The minimum Gasteiger partial charge on any atom is -0.355 e. The summed E-state index contributed by atoms with van der Waals surface area (Å²) in [5.74, 6) is 0.902. The molecule has 4 aromatic rings. The number of anilines is 1. The summed E-state index contributed by atoms with van der Waals surface area (Å²) in [6, 6.07) is 14.3. The number of para-hydroxylation sites is 1. The number of benzene rings is 1. The van der Waals surface area contributed by atoms with Gasteiger partial charge in [-0.3, -0.25) is 9.89 Å². The Bertz CT molecular complexity index is 1060. The van der Waals surface area contributed by atoms with Gasteiger partial charge in [0.2, 0.25) is 0 Å². The van der Waals surface area contributed by atoms with Crippen molar-refractivity contribution >= 4 is 44.6 Å². The SMILES string of the molecule is O=C(NC1CCN(c2cc(-c3cccs3)[nH]n2)CC1)c1nc2ccccc2s1. The Morgan fingerprint density at radius 3 is 2.82 bits per heavy atom. The molecule has 5 rings (SSSR count). The summed E-state index contributed by atoms with van der Waals surface area (Å²) in [6.45, 7) is 1.75. The predicted molar refractivity (Wildman–Crippen MR) is 114 cm³/mol. The van der Waals surface area contributed by atoms with Crippen molar-refractivity contribution in [2.75, 3.05) is 18.0 Å². The van der Waals surface area contributed by atoms with Crippen LogP contribution in [-0.4, -0.2) is 40.2 Å². The van der Waals surface area contributed by atoms with E-state index in [1.165, 1.54) is 16.2 Å². The number of carbonyl (C=O) groups excluding carboxylic acids is 1. The van der Waals surface area contributed by atoms with E-state index in [0.717, 1.165) is 47.7 Å². The lowest BCUT2D eigenvalue weighted by molar-refractivity contribution is 0.0931. The van der Waals surface area contributed by atoms with E-state index in [1.807, 2.05) is 30.3 Å². The number of aromatic nitrogens is 3. The quantitative estimate of drug-likeness (QED) is 0.531. The number of hydrogen-bond donors (Lipinski definition) is 2. The maximum atomic E-state index is 12.6. The standard InChI is InChI=1S/C20H19N5OS2/c26-19(20-22-14-4-1-2-5-17(14)28-20)21-13-7-9-25(10-8-13)18-12-15(23-24-18)16-6-3-11-27-16/h1-6,11-13H,7-10H2,(H,21,26)(H,23,24). The molecule has 28 heavy (non-hydrogen) atoms. The lowest BCUT2D eigenvalue weighted by Crippen LogP contribution is -2.44. The van der Waals surface area contributed by atoms with Gasteiger partial charge < -0.3 is 10.2 Å². The minimum atomic E-state index is -0.0700. The van der Waals surface area contributed by atoms with Crippen molar-refractivity contribution in [1.29, 1.82) is 0 Å². The number of aromatic amines is 1. The number of thiophene rings is 1. The number of H-pyrrole nitrogens is 1. The van der Waals surface area contributed by atoms with Crippen molar-refractivity contribution in [3.63, 3.8) is 0 Å². The fourth-order valence-corrected chi connectivity index (χ4v) is 5.06. The Labute approximate surface area is 170 Å². The lowest BCUT2D eigenvalue weighted by atomic mass is 10.1. The first-order valence-electron chi connectivity index (χ1n) is 9.27. The van der Waals surface area contributed by atoms with Gasteiger partial charge in [-0.15, -0.1) is 22.7 Å². The average Bonchev–Trinajstić information content (AvgIpc) is 3.47. The van der Waals surface area contributed by atoms with E-state index in [2.05, 4.69) is 42.9 Å². The van der Waals surface area contributed by atoms with Crippen molar-refractivity contribution in [2.24, 2.45) is 0 Å². The van der Waals surface area contributed by atoms with Gasteiger partial charge >= 0.3 is 0 Å². The molecule has 0 radical (unpaired) electrons. The number of rotatable bonds is 4. The number of thiazole rings is 1. The topological polar surface area (TPSA) is 73.9 Å². The van der Waals surface area contributed by atoms with Crippen molar-refractivity contribution in [3.8, 4) is 10.6 Å². The Morgan fingerprint density at radius 2 is 2.04 bits per heavy atom. The Kier molecular flexibility index (Phi) is 4.58. The summed E-state index contributed by atoms with van der Waals surface area (Å²) in [4.78, 5) is 20.5. The highest BCUT2D eigenvalue weighted by molar-refractivity contribution is 7.20. The van der Waals surface area contributed by atoms with Crippen molar-refractivity contribution in [2.45, 2.75) is 18.9 Å². The predicted octanol–water partition coefficient (Wildman–Crippen LogP) is 4.15. The molecule has 1 amide bonds. The van der Waals surface area contributed by atoms with Crippen LogP contribution in [-0.2, 0) is 0 Å². The summed E-state index contributed by atoms with van der Waals surface area (Å²) < 4.78 is 1.04. The van der Waals surface area contributed by atoms with Crippen LogP contribution in [0.15, 0.2) is 47.8 Å². The first-order valence-corrected chi connectivity index (χ1v) is 11.0. The first kappa shape index (κ1) is 17.4. The maximum Gasteiger partial charge on any atom is 0.280 e. The maximum absolute atomic E-state index is 12.6. The minimum absolute atomic E-state index is 0.0700. The molecule has 8 heteroatoms. The van der Waals surface area contributed by atoms with Gasteiger partial charge in [-0.05, 0) is 36.4 Å². The molecule has 0 atom stereocenters. The monoisotopic (exact) mass is 409 g/mol. The zero-order chi connectivity index (χ0) is 18.9. The van der Waals surface area contributed by atoms with Crippen LogP contribution in [0.4, 0.5) is 5.82 Å². The van der Waals surface area contributed by atoms with E-state index in [4.69, 9.17) is 0 Å². The van der Waals surface area contributed by atoms with Crippen LogP contribution in [0.1, 0.15) is 22.6 Å². The Balaban J connectivity index is 1.19. The van der Waals surface area contributed by atoms with E-state index in [1.54, 1.807) is 11.3 Å². The van der Waals surface area contributed by atoms with Gasteiger partial charge in [0.1, 0.15) is 0 Å². The number of carbonyl (C=O) groups is 1. The van der Waals surface area contributed by atoms with Crippen LogP contribution in [0.25, 0.3) is 20.8 Å². The van der Waals surface area contributed by atoms with E-state index >= 15 is 0 Å². The second kappa shape index (κ2) is 7.37. The van der Waals surface area contributed by atoms with E-state index in [0.29, 0.717) is 5.01 Å². The van der Waals surface area contributed by atoms with Crippen LogP contribution >= 0.6 is 22.7 Å². The molecule has 1 saturated heterocycles. The molecule has 1 aliphatic rings. The molecule has 0 saturated carbocycles. The third-order valence-corrected chi connectivity index (χ3v) is 6.93. The molecule has 142 valence electrons. The van der Waals surface area contributed by atoms with Crippen LogP contribution in [0.5, 0.6) is 0 Å². The fourth-order valence-electron chi connectivity index (χ4n) is 3.50. The molecule has 3 aromatic heterocycles. The van der Waals surface area contributed by atoms with Crippen LogP contribution in [0.2, 0.25) is 0 Å². The molecular weight excluding hydrogens is 390 g/mol. The van der Waals surface area contributed by atoms with Gasteiger partial charge in [0.05, 0.1) is 20.8 Å². The lowest BCUT2D eigenvalue weighted by Gasteiger charge is -2.32. The number of amides is 1. The second-order valence-corrected chi connectivity index (χ2v) is 8.82. The third kappa shape index (κ3) is 3.41. The van der Waals surface area contributed by atoms with Gasteiger partial charge in [-0.2, -0.15) is 5.10 Å². The molecule has 1 aromatic carbocycles. The largest absolute Gasteiger partial charge is 0.355 e. The Hall–Kier alpha value is -2.71. The molecule has 0 aliphatic carbocycles. The number of nitrogens with one attached hydrogen (secondary N) is 2. The molecule has 0 unspecified atom stereocenters. The molecule has 2 N–H and O–H groups in total. The van der Waals surface area contributed by atoms with Crippen molar-refractivity contribution in [1.82, 2.24) is 20.5 Å². The van der Waals surface area contributed by atoms with E-state index in [9.17, 15) is 4.79 Å². The average molecular weight is 410 g/mol. The van der Waals surface area contributed by atoms with Crippen LogP contribution < -0.4 is 10.2 Å². The van der Waals surface area contributed by atoms with Crippen molar-refractivity contribution in [3.05, 3.63) is 52.9 Å². The zero-order valence-electron chi connectivity index (χ0n) is 15.1. The van der Waals surface area contributed by atoms with Crippen LogP contribution in [0, 0.1) is 0 Å². The van der Waals surface area contributed by atoms with Crippen LogP contribution in [0.3, 0.4) is 0 Å². The summed E-state index contributed by atoms with van der Waals surface area (Å²) in [5, 5.41) is 13.3.